The van der Waals surface area contributed by atoms with Gasteiger partial charge in [-0.3, -0.25) is 19.2 Å². The topological polar surface area (TPSA) is 201 Å². The van der Waals surface area contributed by atoms with Crippen LogP contribution in [0.1, 0.15) is 12.8 Å². The molecule has 0 aliphatic heterocycles. The Balaban J connectivity index is -0.000000256. The zero-order chi connectivity index (χ0) is 14.9. The van der Waals surface area contributed by atoms with E-state index in [-0.39, 0.29) is 19.5 Å². The predicted molar refractivity (Wildman–Crippen MR) is 55.7 cm³/mol. The monoisotopic (exact) mass is 338 g/mol. The first-order valence-corrected chi connectivity index (χ1v) is 4.48. The predicted octanol–water partition coefficient (Wildman–Crippen LogP) is -2.26. The molecule has 0 aliphatic carbocycles. The van der Waals surface area contributed by atoms with Crippen molar-refractivity contribution >= 4 is 23.9 Å². The fourth-order valence-electron chi connectivity index (χ4n) is 0.551. The molecule has 11 heteroatoms. The van der Waals surface area contributed by atoms with Crippen LogP contribution < -0.4 is 11.5 Å². The van der Waals surface area contributed by atoms with Crippen LogP contribution in [0.25, 0.3) is 0 Å². The number of aliphatic carboxylic acids is 4. The van der Waals surface area contributed by atoms with E-state index in [0.717, 1.165) is 0 Å². The second-order valence-electron chi connectivity index (χ2n) is 3.09. The number of rotatable bonds is 6. The minimum absolute atomic E-state index is 0. The first kappa shape index (κ1) is 22.6. The summed E-state index contributed by atoms with van der Waals surface area (Å²) in [5, 5.41) is 32.1. The summed E-state index contributed by atoms with van der Waals surface area (Å²) in [5.41, 5.74) is 9.67. The van der Waals surface area contributed by atoms with E-state index in [1.807, 2.05) is 0 Å². The van der Waals surface area contributed by atoms with Crippen molar-refractivity contribution in [3.63, 3.8) is 0 Å². The summed E-state index contributed by atoms with van der Waals surface area (Å²) >= 11 is 0. The molecule has 0 aliphatic rings. The third kappa shape index (κ3) is 16.4. The molecule has 106 valence electrons. The van der Waals surface area contributed by atoms with Gasteiger partial charge < -0.3 is 31.9 Å². The molecule has 10 nitrogen and oxygen atoms in total. The summed E-state index contributed by atoms with van der Waals surface area (Å²) in [6.07, 6.45) is -1.06. The van der Waals surface area contributed by atoms with E-state index in [2.05, 4.69) is 0 Å². The molecule has 0 aromatic carbocycles. The van der Waals surface area contributed by atoms with E-state index < -0.39 is 48.8 Å². The normalized spacial score (nSPS) is 11.9. The van der Waals surface area contributed by atoms with Crippen LogP contribution in [-0.2, 0) is 38.7 Å². The van der Waals surface area contributed by atoms with Gasteiger partial charge in [-0.15, -0.1) is 0 Å². The largest absolute Gasteiger partial charge is 0.481 e. The Morgan fingerprint density at radius 2 is 0.947 bits per heavy atom. The molecule has 19 heavy (non-hydrogen) atoms. The van der Waals surface area contributed by atoms with Crippen molar-refractivity contribution in [2.24, 2.45) is 11.5 Å². The molecule has 0 bridgehead atoms. The standard InChI is InChI=1S/2C4H7NO4.Zn/c2*5-2(4(8)9)1-3(6)7;/h2*2H,1,5H2,(H,6,7)(H,8,9);/t2*2-;/m00./s1/i;;1+7. The van der Waals surface area contributed by atoms with E-state index in [4.69, 9.17) is 31.9 Å². The zero-order valence-electron chi connectivity index (χ0n) is 9.85. The second-order valence-corrected chi connectivity index (χ2v) is 3.09. The molecule has 0 saturated heterocycles. The maximum atomic E-state index is 9.85. The van der Waals surface area contributed by atoms with E-state index in [9.17, 15) is 19.2 Å². The van der Waals surface area contributed by atoms with Gasteiger partial charge in [0.15, 0.2) is 0 Å². The minimum atomic E-state index is -1.29. The summed E-state index contributed by atoms with van der Waals surface area (Å²) in [7, 11) is 0. The van der Waals surface area contributed by atoms with Gasteiger partial charge in [0, 0.05) is 19.5 Å². The van der Waals surface area contributed by atoms with Gasteiger partial charge >= 0.3 is 23.9 Å². The van der Waals surface area contributed by atoms with Gasteiger partial charge in [0.1, 0.15) is 12.1 Å². The van der Waals surface area contributed by atoms with E-state index in [1.165, 1.54) is 0 Å². The Hall–Kier alpha value is -1.58. The van der Waals surface area contributed by atoms with E-state index >= 15 is 0 Å². The van der Waals surface area contributed by atoms with Crippen molar-refractivity contribution in [3.8, 4) is 0 Å². The molecule has 0 unspecified atom stereocenters. The van der Waals surface area contributed by atoms with Gasteiger partial charge in [-0.05, 0) is 0 Å². The molecule has 0 saturated carbocycles. The van der Waals surface area contributed by atoms with Crippen molar-refractivity contribution < 1.29 is 59.1 Å². The minimum Gasteiger partial charge on any atom is -0.481 e. The second kappa shape index (κ2) is 11.5. The van der Waals surface area contributed by atoms with Gasteiger partial charge in [0.2, 0.25) is 0 Å². The summed E-state index contributed by atoms with van der Waals surface area (Å²) in [6, 6.07) is -2.58. The van der Waals surface area contributed by atoms with Crippen LogP contribution in [0.3, 0.4) is 0 Å². The average Bonchev–Trinajstić information content (AvgIpc) is 2.16. The molecular weight excluding hydrogens is 324 g/mol. The van der Waals surface area contributed by atoms with Gasteiger partial charge in [0.25, 0.3) is 0 Å². The van der Waals surface area contributed by atoms with Crippen molar-refractivity contribution in [3.05, 3.63) is 0 Å². The molecule has 0 aromatic rings. The maximum absolute atomic E-state index is 9.85. The third-order valence-electron chi connectivity index (χ3n) is 1.42. The van der Waals surface area contributed by atoms with Crippen LogP contribution in [0.2, 0.25) is 0 Å². The number of hydrogen-bond donors (Lipinski definition) is 6. The molecule has 0 aromatic heterocycles. The van der Waals surface area contributed by atoms with Gasteiger partial charge in [-0.25, -0.2) is 0 Å². The van der Waals surface area contributed by atoms with Crippen molar-refractivity contribution in [1.82, 2.24) is 0 Å². The SMILES string of the molecule is N[C@@H](CC(=O)O)C(=O)O.N[C@@H](CC(=O)O)C(=O)O.[72Zn]. The molecule has 0 fully saturated rings. The van der Waals surface area contributed by atoms with Crippen LogP contribution in [0, 0.1) is 0 Å². The van der Waals surface area contributed by atoms with E-state index in [0.29, 0.717) is 0 Å². The van der Waals surface area contributed by atoms with Crippen LogP contribution in [0.4, 0.5) is 0 Å². The number of hydrogen-bond acceptors (Lipinski definition) is 6. The molecule has 0 spiro atoms. The third-order valence-corrected chi connectivity index (χ3v) is 1.42. The van der Waals surface area contributed by atoms with Crippen LogP contribution in [0.5, 0.6) is 0 Å². The maximum Gasteiger partial charge on any atom is 0.321 e. The molecule has 8 N–H and O–H groups in total. The van der Waals surface area contributed by atoms with Crippen molar-refractivity contribution in [1.29, 1.82) is 0 Å². The number of carbonyl (C=O) groups is 4. The summed E-state index contributed by atoms with van der Waals surface area (Å²) in [5.74, 6) is -5.00. The van der Waals surface area contributed by atoms with Gasteiger partial charge in [-0.1, -0.05) is 0 Å². The first-order chi connectivity index (χ1) is 8.07. The fraction of sp³-hybridized carbons (Fsp3) is 0.500. The van der Waals surface area contributed by atoms with Crippen molar-refractivity contribution in [2.75, 3.05) is 0 Å². The smallest absolute Gasteiger partial charge is 0.321 e. The van der Waals surface area contributed by atoms with Crippen LogP contribution in [-0.4, -0.2) is 56.4 Å². The molecule has 0 amide bonds. The number of nitrogens with two attached hydrogens (primary N) is 2. The Kier molecular flexibility index (Phi) is 13.7. The van der Waals surface area contributed by atoms with Crippen LogP contribution in [0.15, 0.2) is 0 Å². The Labute approximate surface area is 120 Å². The average molecular weight is 338 g/mol. The first-order valence-electron chi connectivity index (χ1n) is 4.48. The van der Waals surface area contributed by atoms with Gasteiger partial charge in [-0.2, -0.15) is 0 Å². The summed E-state index contributed by atoms with van der Waals surface area (Å²) < 4.78 is 0. The molecule has 0 heterocycles. The molecule has 2 atom stereocenters. The van der Waals surface area contributed by atoms with Gasteiger partial charge in [0.05, 0.1) is 12.8 Å². The Bertz CT molecular complexity index is 303. The summed E-state index contributed by atoms with van der Waals surface area (Å²) in [6.45, 7) is 0. The Morgan fingerprint density at radius 3 is 1.00 bits per heavy atom. The number of carboxylic acids is 4. The molecule has 0 rings (SSSR count). The number of carboxylic acid groups (broad SMARTS) is 4. The molecular formula is C8H14N2O8Zn. The molecule has 0 radical (unpaired) electrons. The summed E-state index contributed by atoms with van der Waals surface area (Å²) in [4.78, 5) is 39.2. The van der Waals surface area contributed by atoms with Crippen molar-refractivity contribution in [2.45, 2.75) is 24.9 Å². The van der Waals surface area contributed by atoms with E-state index in [1.54, 1.807) is 0 Å². The zero-order valence-corrected chi connectivity index (χ0v) is 12.8. The van der Waals surface area contributed by atoms with Crippen LogP contribution >= 0.6 is 0 Å². The quantitative estimate of drug-likeness (QED) is 0.287. The fourth-order valence-corrected chi connectivity index (χ4v) is 0.551. The Morgan fingerprint density at radius 1 is 0.737 bits per heavy atom.